The first-order valence-electron chi connectivity index (χ1n) is 13.2. The Labute approximate surface area is 240 Å². The molecule has 10 nitrogen and oxygen atoms in total. The number of nitrogens with zero attached hydrogens (tertiary/aromatic N) is 2. The standard InChI is InChI=1S/C30H31F2N3O7/c1-33-29(41)22-26(38)23(35(4)5)17-9-12-8-16-19(34(2)3)11-15(14-7-6-13(31)10-18(14)32)24(36)21(16)25(37)20(12)27(39)30(17,42)28(22)40/h6-7,10-12,17,23,36-37,40,42H,8-9H2,1-5H3,(H,33,41). The molecule has 0 radical (unpaired) electrons. The van der Waals surface area contributed by atoms with Crippen molar-refractivity contribution in [3.05, 3.63) is 63.9 Å². The number of phenols is 1. The first-order valence-corrected chi connectivity index (χ1v) is 13.2. The Morgan fingerprint density at radius 2 is 1.71 bits per heavy atom. The summed E-state index contributed by atoms with van der Waals surface area (Å²) in [5.41, 5.74) is -3.27. The number of aromatic hydroxyl groups is 1. The van der Waals surface area contributed by atoms with Gasteiger partial charge in [-0.05, 0) is 56.6 Å². The molecule has 3 aliphatic rings. The first-order chi connectivity index (χ1) is 19.7. The van der Waals surface area contributed by atoms with Crippen LogP contribution in [0.4, 0.5) is 14.5 Å². The van der Waals surface area contributed by atoms with Crippen molar-refractivity contribution in [2.24, 2.45) is 11.8 Å². The number of nitrogens with one attached hydrogen (secondary N) is 1. The summed E-state index contributed by atoms with van der Waals surface area (Å²) < 4.78 is 28.5. The molecule has 0 heterocycles. The van der Waals surface area contributed by atoms with Crippen molar-refractivity contribution >= 4 is 28.9 Å². The summed E-state index contributed by atoms with van der Waals surface area (Å²) in [5, 5.41) is 48.2. The van der Waals surface area contributed by atoms with Crippen LogP contribution in [0.1, 0.15) is 17.5 Å². The van der Waals surface area contributed by atoms with Crippen LogP contribution in [-0.2, 0) is 20.8 Å². The van der Waals surface area contributed by atoms with Crippen molar-refractivity contribution in [1.29, 1.82) is 0 Å². The highest BCUT2D eigenvalue weighted by molar-refractivity contribution is 6.25. The maximum atomic E-state index is 14.8. The zero-order chi connectivity index (χ0) is 31.0. The van der Waals surface area contributed by atoms with Gasteiger partial charge in [-0.2, -0.15) is 0 Å². The number of carbonyl (C=O) groups is 3. The van der Waals surface area contributed by atoms with E-state index in [1.54, 1.807) is 33.1 Å². The summed E-state index contributed by atoms with van der Waals surface area (Å²) in [6.45, 7) is 0. The quantitative estimate of drug-likeness (QED) is 0.342. The fourth-order valence-corrected chi connectivity index (χ4v) is 6.71. The topological polar surface area (TPSA) is 151 Å². The number of fused-ring (bicyclic) bond motifs is 3. The summed E-state index contributed by atoms with van der Waals surface area (Å²) in [5.74, 6) is -8.92. The van der Waals surface area contributed by atoms with Crippen molar-refractivity contribution in [1.82, 2.24) is 10.2 Å². The Morgan fingerprint density at radius 3 is 2.29 bits per heavy atom. The molecule has 2 aromatic rings. The number of Topliss-reactive ketones (excluding diaryl/α,β-unsaturated/α-hetero) is 2. The number of hydrogen-bond donors (Lipinski definition) is 5. The molecule has 222 valence electrons. The molecular formula is C30H31F2N3O7. The third-order valence-electron chi connectivity index (χ3n) is 8.61. The Kier molecular flexibility index (Phi) is 6.90. The maximum absolute atomic E-state index is 14.8. The summed E-state index contributed by atoms with van der Waals surface area (Å²) in [6, 6.07) is 3.16. The van der Waals surface area contributed by atoms with Gasteiger partial charge in [-0.3, -0.25) is 19.3 Å². The Bertz CT molecular complexity index is 1630. The predicted octanol–water partition coefficient (Wildman–Crippen LogP) is 2.24. The average Bonchev–Trinajstić information content (AvgIpc) is 2.90. The number of rotatable bonds is 4. The third-order valence-corrected chi connectivity index (χ3v) is 8.61. The lowest BCUT2D eigenvalue weighted by Gasteiger charge is -2.50. The molecule has 0 saturated heterocycles. The van der Waals surface area contributed by atoms with E-state index in [1.165, 1.54) is 18.0 Å². The molecule has 0 spiro atoms. The minimum absolute atomic E-state index is 0.0390. The largest absolute Gasteiger partial charge is 0.508 e. The van der Waals surface area contributed by atoms with E-state index in [-0.39, 0.29) is 35.1 Å². The molecule has 1 fully saturated rings. The molecule has 0 bridgehead atoms. The minimum Gasteiger partial charge on any atom is -0.508 e. The van der Waals surface area contributed by atoms with Gasteiger partial charge in [0, 0.05) is 55.5 Å². The van der Waals surface area contributed by atoms with Gasteiger partial charge in [0.1, 0.15) is 34.5 Å². The predicted molar refractivity (Wildman–Crippen MR) is 149 cm³/mol. The molecule has 3 aliphatic carbocycles. The van der Waals surface area contributed by atoms with Crippen LogP contribution < -0.4 is 10.2 Å². The van der Waals surface area contributed by atoms with Gasteiger partial charge in [0.05, 0.1) is 11.6 Å². The van der Waals surface area contributed by atoms with E-state index in [0.29, 0.717) is 17.3 Å². The number of aliphatic hydroxyl groups excluding tert-OH is 2. The average molecular weight is 584 g/mol. The van der Waals surface area contributed by atoms with Gasteiger partial charge in [-0.1, -0.05) is 0 Å². The van der Waals surface area contributed by atoms with Crippen molar-refractivity contribution in [3.8, 4) is 16.9 Å². The van der Waals surface area contributed by atoms with Crippen molar-refractivity contribution < 1.29 is 43.6 Å². The number of anilines is 1. The van der Waals surface area contributed by atoms with Gasteiger partial charge < -0.3 is 30.6 Å². The molecule has 0 aliphatic heterocycles. The van der Waals surface area contributed by atoms with Gasteiger partial charge in [0.25, 0.3) is 5.91 Å². The number of hydrogen-bond acceptors (Lipinski definition) is 9. The number of phenolic OH excluding ortho intramolecular Hbond substituents is 1. The second-order valence-corrected chi connectivity index (χ2v) is 11.3. The number of benzene rings is 2. The monoisotopic (exact) mass is 583 g/mol. The minimum atomic E-state index is -2.73. The number of amides is 1. The van der Waals surface area contributed by atoms with Crippen molar-refractivity contribution in [3.63, 3.8) is 0 Å². The van der Waals surface area contributed by atoms with Gasteiger partial charge in [0.2, 0.25) is 5.78 Å². The third kappa shape index (κ3) is 3.92. The molecular weight excluding hydrogens is 552 g/mol. The summed E-state index contributed by atoms with van der Waals surface area (Å²) in [4.78, 5) is 43.3. The molecule has 5 N–H and O–H groups in total. The van der Waals surface area contributed by atoms with E-state index in [1.807, 2.05) is 0 Å². The highest BCUT2D eigenvalue weighted by Gasteiger charge is 2.64. The lowest BCUT2D eigenvalue weighted by molar-refractivity contribution is -0.153. The lowest BCUT2D eigenvalue weighted by Crippen LogP contribution is -2.65. The number of ketones is 2. The van der Waals surface area contributed by atoms with E-state index in [0.717, 1.165) is 12.1 Å². The van der Waals surface area contributed by atoms with Crippen LogP contribution in [0.3, 0.4) is 0 Å². The van der Waals surface area contributed by atoms with E-state index in [4.69, 9.17) is 0 Å². The van der Waals surface area contributed by atoms with Gasteiger partial charge in [-0.25, -0.2) is 8.78 Å². The van der Waals surface area contributed by atoms with Gasteiger partial charge >= 0.3 is 0 Å². The molecule has 12 heteroatoms. The highest BCUT2D eigenvalue weighted by atomic mass is 19.1. The Morgan fingerprint density at radius 1 is 1.05 bits per heavy atom. The van der Waals surface area contributed by atoms with Crippen LogP contribution in [0.5, 0.6) is 5.75 Å². The number of halogens is 2. The summed E-state index contributed by atoms with van der Waals surface area (Å²) in [7, 11) is 7.73. The molecule has 5 rings (SSSR count). The lowest BCUT2D eigenvalue weighted by atomic mass is 9.57. The van der Waals surface area contributed by atoms with Crippen LogP contribution in [0, 0.1) is 23.5 Å². The van der Waals surface area contributed by atoms with E-state index in [2.05, 4.69) is 5.32 Å². The molecule has 4 atom stereocenters. The van der Waals surface area contributed by atoms with Gasteiger partial charge in [-0.15, -0.1) is 0 Å². The molecule has 0 aromatic heterocycles. The van der Waals surface area contributed by atoms with E-state index < -0.39 is 75.4 Å². The Hall–Kier alpha value is -4.29. The number of carbonyl (C=O) groups excluding carboxylic acids is 3. The number of aliphatic hydroxyl groups is 3. The molecule has 2 aromatic carbocycles. The summed E-state index contributed by atoms with van der Waals surface area (Å²) in [6.07, 6.45) is 0.0458. The second-order valence-electron chi connectivity index (χ2n) is 11.3. The number of likely N-dealkylation sites (N-methyl/N-ethyl adjacent to an activating group) is 2. The van der Waals surface area contributed by atoms with E-state index >= 15 is 0 Å². The molecule has 1 saturated carbocycles. The van der Waals surface area contributed by atoms with Crippen LogP contribution in [0.25, 0.3) is 16.9 Å². The van der Waals surface area contributed by atoms with Crippen LogP contribution in [0.2, 0.25) is 0 Å². The second kappa shape index (κ2) is 9.92. The highest BCUT2D eigenvalue weighted by Crippen LogP contribution is 2.55. The zero-order valence-electron chi connectivity index (χ0n) is 23.6. The maximum Gasteiger partial charge on any atom is 0.258 e. The van der Waals surface area contributed by atoms with Crippen LogP contribution >= 0.6 is 0 Å². The smallest absolute Gasteiger partial charge is 0.258 e. The summed E-state index contributed by atoms with van der Waals surface area (Å²) >= 11 is 0. The molecule has 4 unspecified atom stereocenters. The van der Waals surface area contributed by atoms with Crippen molar-refractivity contribution in [2.75, 3.05) is 40.1 Å². The fraction of sp³-hybridized carbons (Fsp3) is 0.367. The van der Waals surface area contributed by atoms with E-state index in [9.17, 15) is 43.6 Å². The van der Waals surface area contributed by atoms with Crippen LogP contribution in [-0.4, -0.2) is 89.7 Å². The SMILES string of the molecule is CNC(=O)C1=C(O)C2(O)C(=O)C3=C(O)c4c(O)c(-c5ccc(F)cc5F)cc(N(C)C)c4CC3CC2C(N(C)C)C1=O. The fourth-order valence-electron chi connectivity index (χ4n) is 6.71. The molecule has 1 amide bonds. The van der Waals surface area contributed by atoms with Crippen LogP contribution in [0.15, 0.2) is 41.2 Å². The first kappa shape index (κ1) is 29.2. The van der Waals surface area contributed by atoms with Crippen molar-refractivity contribution in [2.45, 2.75) is 24.5 Å². The Balaban J connectivity index is 1.78. The molecule has 42 heavy (non-hydrogen) atoms. The normalized spacial score (nSPS) is 25.3. The van der Waals surface area contributed by atoms with Gasteiger partial charge in [0.15, 0.2) is 11.4 Å². The zero-order valence-corrected chi connectivity index (χ0v) is 23.6.